The zero-order valence-electron chi connectivity index (χ0n) is 21.0. The average Bonchev–Trinajstić information content (AvgIpc) is 2.95. The van der Waals surface area contributed by atoms with E-state index in [-0.39, 0.29) is 38.2 Å². The molecule has 0 radical (unpaired) electrons. The van der Waals surface area contributed by atoms with Crippen LogP contribution in [0.25, 0.3) is 0 Å². The van der Waals surface area contributed by atoms with Gasteiger partial charge in [-0.3, -0.25) is 24.5 Å². The smallest absolute Gasteiger partial charge is 0.327 e. The lowest BCUT2D eigenvalue weighted by atomic mass is 9.82. The average molecular weight is 485 g/mol. The lowest BCUT2D eigenvalue weighted by Crippen LogP contribution is -2.48. The molecule has 0 aromatic rings. The number of hydroxylamine groups is 1. The van der Waals surface area contributed by atoms with Crippen molar-refractivity contribution in [1.29, 1.82) is 0 Å². The van der Waals surface area contributed by atoms with Gasteiger partial charge in [0.1, 0.15) is 12.3 Å². The molecule has 2 unspecified atom stereocenters. The van der Waals surface area contributed by atoms with Gasteiger partial charge in [0.15, 0.2) is 0 Å². The zero-order valence-corrected chi connectivity index (χ0v) is 21.0. The summed E-state index contributed by atoms with van der Waals surface area (Å²) in [6.45, 7) is 7.62. The van der Waals surface area contributed by atoms with Crippen LogP contribution in [0.1, 0.15) is 59.8 Å². The van der Waals surface area contributed by atoms with Gasteiger partial charge in [-0.1, -0.05) is 6.92 Å². The minimum Gasteiger partial charge on any atom is -0.356 e. The highest BCUT2D eigenvalue weighted by atomic mass is 16.7. The third-order valence-electron chi connectivity index (χ3n) is 7.00. The van der Waals surface area contributed by atoms with E-state index in [0.29, 0.717) is 12.5 Å². The molecule has 34 heavy (non-hydrogen) atoms. The molecule has 5 amide bonds. The third-order valence-corrected chi connectivity index (χ3v) is 7.00. The molecule has 11 nitrogen and oxygen atoms in total. The zero-order chi connectivity index (χ0) is 25.5. The Hall–Kier alpha value is -2.24. The molecule has 194 valence electrons. The molecule has 2 rings (SSSR count). The van der Waals surface area contributed by atoms with Crippen LogP contribution >= 0.6 is 0 Å². The van der Waals surface area contributed by atoms with Crippen molar-refractivity contribution in [2.45, 2.75) is 71.4 Å². The SMILES string of the molecule is CCOCOCC(CC(CN1C(=O)N(C)C(C)(C)C1=O)C(=O)NO)NC(=O)C1CCC(C)CC1. The van der Waals surface area contributed by atoms with Gasteiger partial charge < -0.3 is 19.7 Å². The molecule has 0 bridgehead atoms. The lowest BCUT2D eigenvalue weighted by molar-refractivity contribution is -0.138. The quantitative estimate of drug-likeness (QED) is 0.125. The first-order valence-electron chi connectivity index (χ1n) is 12.0. The van der Waals surface area contributed by atoms with Crippen molar-refractivity contribution in [1.82, 2.24) is 20.6 Å². The number of hydrogen-bond acceptors (Lipinski definition) is 7. The van der Waals surface area contributed by atoms with Crippen LogP contribution in [0, 0.1) is 17.8 Å². The Morgan fingerprint density at radius 2 is 1.82 bits per heavy atom. The molecule has 0 aromatic carbocycles. The van der Waals surface area contributed by atoms with Crippen molar-refractivity contribution >= 4 is 23.8 Å². The number of hydrogen-bond donors (Lipinski definition) is 3. The molecule has 0 aromatic heterocycles. The first-order valence-corrected chi connectivity index (χ1v) is 12.0. The Bertz CT molecular complexity index is 737. The van der Waals surface area contributed by atoms with Crippen molar-refractivity contribution in [3.05, 3.63) is 0 Å². The molecule has 1 saturated carbocycles. The fraction of sp³-hybridized carbons (Fsp3) is 0.826. The van der Waals surface area contributed by atoms with Crippen molar-refractivity contribution in [3.8, 4) is 0 Å². The van der Waals surface area contributed by atoms with Crippen molar-refractivity contribution in [3.63, 3.8) is 0 Å². The van der Waals surface area contributed by atoms with Gasteiger partial charge in [-0.25, -0.2) is 10.3 Å². The summed E-state index contributed by atoms with van der Waals surface area (Å²) in [5.41, 5.74) is 0.586. The number of carbonyl (C=O) groups is 4. The van der Waals surface area contributed by atoms with Crippen LogP contribution < -0.4 is 10.8 Å². The summed E-state index contributed by atoms with van der Waals surface area (Å²) in [5.74, 6) is -1.73. The Kier molecular flexibility index (Phi) is 10.3. The van der Waals surface area contributed by atoms with Gasteiger partial charge in [-0.15, -0.1) is 0 Å². The molecular formula is C23H40N4O7. The van der Waals surface area contributed by atoms with E-state index in [9.17, 15) is 24.4 Å². The van der Waals surface area contributed by atoms with Gasteiger partial charge >= 0.3 is 6.03 Å². The maximum atomic E-state index is 12.9. The Morgan fingerprint density at radius 3 is 2.35 bits per heavy atom. The topological polar surface area (TPSA) is 138 Å². The highest BCUT2D eigenvalue weighted by molar-refractivity contribution is 6.06. The maximum Gasteiger partial charge on any atom is 0.327 e. The Morgan fingerprint density at radius 1 is 1.18 bits per heavy atom. The molecule has 1 aliphatic heterocycles. The number of likely N-dealkylation sites (N-methyl/N-ethyl adjacent to an activating group) is 1. The van der Waals surface area contributed by atoms with Crippen LogP contribution in [0.15, 0.2) is 0 Å². The molecule has 0 spiro atoms. The minimum absolute atomic E-state index is 0.0305. The van der Waals surface area contributed by atoms with Gasteiger partial charge in [-0.05, 0) is 58.8 Å². The monoisotopic (exact) mass is 484 g/mol. The normalized spacial score (nSPS) is 24.2. The maximum absolute atomic E-state index is 12.9. The number of amides is 5. The van der Waals surface area contributed by atoms with E-state index in [2.05, 4.69) is 12.2 Å². The van der Waals surface area contributed by atoms with Gasteiger partial charge in [0.25, 0.3) is 5.91 Å². The van der Waals surface area contributed by atoms with E-state index >= 15 is 0 Å². The summed E-state index contributed by atoms with van der Waals surface area (Å²) in [7, 11) is 1.52. The minimum atomic E-state index is -1.04. The molecule has 3 N–H and O–H groups in total. The van der Waals surface area contributed by atoms with Gasteiger partial charge in [0.05, 0.1) is 18.6 Å². The lowest BCUT2D eigenvalue weighted by Gasteiger charge is -2.29. The Balaban J connectivity index is 2.12. The number of nitrogens with one attached hydrogen (secondary N) is 2. The second-order valence-corrected chi connectivity index (χ2v) is 9.87. The van der Waals surface area contributed by atoms with Crippen molar-refractivity contribution in [2.24, 2.45) is 17.8 Å². The number of nitrogens with zero attached hydrogens (tertiary/aromatic N) is 2. The van der Waals surface area contributed by atoms with Crippen molar-refractivity contribution < 1.29 is 33.9 Å². The van der Waals surface area contributed by atoms with Crippen LogP contribution in [0.2, 0.25) is 0 Å². The van der Waals surface area contributed by atoms with Crippen LogP contribution in [0.4, 0.5) is 4.79 Å². The second-order valence-electron chi connectivity index (χ2n) is 9.87. The van der Waals surface area contributed by atoms with E-state index in [1.807, 2.05) is 6.92 Å². The van der Waals surface area contributed by atoms with Gasteiger partial charge in [-0.2, -0.15) is 0 Å². The molecule has 2 atom stereocenters. The molecule has 11 heteroatoms. The fourth-order valence-electron chi connectivity index (χ4n) is 4.40. The number of rotatable bonds is 12. The second kappa shape index (κ2) is 12.5. The van der Waals surface area contributed by atoms with Gasteiger partial charge in [0.2, 0.25) is 11.8 Å². The molecule has 2 aliphatic rings. The summed E-state index contributed by atoms with van der Waals surface area (Å²) < 4.78 is 10.7. The number of imide groups is 1. The summed E-state index contributed by atoms with van der Waals surface area (Å²) in [6.07, 6.45) is 3.65. The van der Waals surface area contributed by atoms with Crippen LogP contribution in [0.3, 0.4) is 0 Å². The Labute approximate surface area is 201 Å². The first kappa shape index (κ1) is 28.0. The summed E-state index contributed by atoms with van der Waals surface area (Å²) in [5, 5.41) is 12.3. The van der Waals surface area contributed by atoms with E-state index in [1.165, 1.54) is 11.9 Å². The first-order chi connectivity index (χ1) is 16.0. The highest BCUT2D eigenvalue weighted by Gasteiger charge is 2.50. The molecule has 1 saturated heterocycles. The van der Waals surface area contributed by atoms with Gasteiger partial charge in [0, 0.05) is 26.1 Å². The summed E-state index contributed by atoms with van der Waals surface area (Å²) >= 11 is 0. The standard InChI is InChI=1S/C23H40N4O7/c1-6-33-14-34-13-18(24-19(28)16-9-7-15(2)8-10-16)11-17(20(29)25-32)12-27-21(30)23(3,4)26(5)22(27)31/h15-18,32H,6-14H2,1-5H3,(H,24,28)(H,25,29). The predicted molar refractivity (Wildman–Crippen MR) is 122 cm³/mol. The summed E-state index contributed by atoms with van der Waals surface area (Å²) in [6, 6.07) is -1.09. The van der Waals surface area contributed by atoms with Crippen LogP contribution in [-0.2, 0) is 23.9 Å². The molecular weight excluding hydrogens is 444 g/mol. The molecule has 1 heterocycles. The largest absolute Gasteiger partial charge is 0.356 e. The predicted octanol–water partition coefficient (Wildman–Crippen LogP) is 1.49. The fourth-order valence-corrected chi connectivity index (χ4v) is 4.40. The van der Waals surface area contributed by atoms with E-state index < -0.39 is 35.3 Å². The van der Waals surface area contributed by atoms with E-state index in [4.69, 9.17) is 9.47 Å². The third kappa shape index (κ3) is 6.89. The molecule has 2 fully saturated rings. The highest BCUT2D eigenvalue weighted by Crippen LogP contribution is 2.29. The summed E-state index contributed by atoms with van der Waals surface area (Å²) in [4.78, 5) is 53.2. The van der Waals surface area contributed by atoms with Crippen molar-refractivity contribution in [2.75, 3.05) is 33.6 Å². The number of ether oxygens (including phenoxy) is 2. The van der Waals surface area contributed by atoms with Crippen LogP contribution in [-0.4, -0.2) is 83.9 Å². The van der Waals surface area contributed by atoms with E-state index in [0.717, 1.165) is 30.6 Å². The number of urea groups is 1. The number of carbonyl (C=O) groups excluding carboxylic acids is 4. The van der Waals surface area contributed by atoms with E-state index in [1.54, 1.807) is 19.3 Å². The van der Waals surface area contributed by atoms with Crippen LogP contribution in [0.5, 0.6) is 0 Å². The molecule has 1 aliphatic carbocycles.